The highest BCUT2D eigenvalue weighted by atomic mass is 16.7. The molecule has 3 saturated heterocycles. The zero-order valence-electron chi connectivity index (χ0n) is 22.4. The quantitative estimate of drug-likeness (QED) is 0.589. The Morgan fingerprint density at radius 1 is 1.13 bits per heavy atom. The van der Waals surface area contributed by atoms with E-state index in [9.17, 15) is 14.4 Å². The largest absolute Gasteiger partial charge is 0.494 e. The zero-order valence-corrected chi connectivity index (χ0v) is 22.4. The number of methoxy groups -OCH3 is 1. The molecule has 0 bridgehead atoms. The molecule has 1 aromatic carbocycles. The highest BCUT2D eigenvalue weighted by Crippen LogP contribution is 2.37. The number of H-pyrrole nitrogens is 1. The second-order valence-corrected chi connectivity index (χ2v) is 11.0. The van der Waals surface area contributed by atoms with Gasteiger partial charge in [0.15, 0.2) is 0 Å². The third-order valence-corrected chi connectivity index (χ3v) is 8.00. The Balaban J connectivity index is 1.36. The standard InChI is InChI=1S/C26H34BN5O6/c1-25(2)26(3,4)38-27(37-25)17-10-8-16(9-11-17)19-15-28-22(29-19)20-7-6-14-31-21(33)13-12-18(23(34)32(20)31)30-24(35)36-5/h8-11,15,18,20H,6-7,12-14H2,1-5H3,(H,28,29)(H,30,35)/t18-,20-/m0/s1. The minimum absolute atomic E-state index is 0.151. The number of nitrogens with one attached hydrogen (secondary N) is 2. The lowest BCUT2D eigenvalue weighted by Crippen LogP contribution is -2.57. The molecule has 2 N–H and O–H groups in total. The maximum Gasteiger partial charge on any atom is 0.494 e. The average Bonchev–Trinajstić information content (AvgIpc) is 3.44. The highest BCUT2D eigenvalue weighted by molar-refractivity contribution is 6.62. The Morgan fingerprint density at radius 2 is 1.82 bits per heavy atom. The highest BCUT2D eigenvalue weighted by Gasteiger charge is 2.51. The predicted octanol–water partition coefficient (Wildman–Crippen LogP) is 2.30. The molecule has 1 aromatic heterocycles. The Kier molecular flexibility index (Phi) is 6.72. The molecular formula is C26H34BN5O6. The topological polar surface area (TPSA) is 126 Å². The molecule has 0 aliphatic carbocycles. The van der Waals surface area contributed by atoms with E-state index in [4.69, 9.17) is 9.31 Å². The Labute approximate surface area is 222 Å². The first-order chi connectivity index (χ1) is 18.0. The summed E-state index contributed by atoms with van der Waals surface area (Å²) in [6.45, 7) is 8.54. The first kappa shape index (κ1) is 26.2. The van der Waals surface area contributed by atoms with E-state index >= 15 is 0 Å². The molecule has 4 heterocycles. The minimum Gasteiger partial charge on any atom is -0.453 e. The van der Waals surface area contributed by atoms with Gasteiger partial charge in [-0.05, 0) is 58.0 Å². The van der Waals surface area contributed by atoms with Crippen molar-refractivity contribution in [1.29, 1.82) is 0 Å². The van der Waals surface area contributed by atoms with Crippen LogP contribution >= 0.6 is 0 Å². The summed E-state index contributed by atoms with van der Waals surface area (Å²) >= 11 is 0. The smallest absolute Gasteiger partial charge is 0.453 e. The van der Waals surface area contributed by atoms with Crippen LogP contribution in [0.4, 0.5) is 4.79 Å². The molecule has 3 aliphatic heterocycles. The number of rotatable bonds is 4. The first-order valence-electron chi connectivity index (χ1n) is 13.0. The fourth-order valence-corrected chi connectivity index (χ4v) is 5.07. The van der Waals surface area contributed by atoms with Gasteiger partial charge in [-0.3, -0.25) is 14.6 Å². The number of imidazole rings is 1. The zero-order chi connectivity index (χ0) is 27.2. The lowest BCUT2D eigenvalue weighted by Gasteiger charge is -2.42. The summed E-state index contributed by atoms with van der Waals surface area (Å²) in [4.78, 5) is 46.1. The van der Waals surface area contributed by atoms with Crippen LogP contribution < -0.4 is 10.8 Å². The lowest BCUT2D eigenvalue weighted by atomic mass is 9.79. The molecule has 3 fully saturated rings. The molecule has 2 atom stereocenters. The number of hydrogen-bond donors (Lipinski definition) is 2. The third-order valence-electron chi connectivity index (χ3n) is 8.00. The molecule has 0 spiro atoms. The Hall–Kier alpha value is -3.38. The summed E-state index contributed by atoms with van der Waals surface area (Å²) < 4.78 is 17.0. The minimum atomic E-state index is -0.853. The fourth-order valence-electron chi connectivity index (χ4n) is 5.07. The third kappa shape index (κ3) is 4.67. The van der Waals surface area contributed by atoms with E-state index in [1.807, 2.05) is 52.0 Å². The summed E-state index contributed by atoms with van der Waals surface area (Å²) in [5.41, 5.74) is 1.79. The first-order valence-corrected chi connectivity index (χ1v) is 13.0. The van der Waals surface area contributed by atoms with E-state index in [0.717, 1.165) is 23.1 Å². The van der Waals surface area contributed by atoms with Gasteiger partial charge in [0.05, 0.1) is 30.2 Å². The van der Waals surface area contributed by atoms with Gasteiger partial charge in [0, 0.05) is 13.0 Å². The van der Waals surface area contributed by atoms with Gasteiger partial charge < -0.3 is 24.3 Å². The van der Waals surface area contributed by atoms with Gasteiger partial charge in [0.25, 0.3) is 5.91 Å². The second kappa shape index (κ2) is 9.74. The van der Waals surface area contributed by atoms with Gasteiger partial charge in [0.1, 0.15) is 17.9 Å². The number of aromatic nitrogens is 2. The van der Waals surface area contributed by atoms with Crippen LogP contribution in [0, 0.1) is 0 Å². The van der Waals surface area contributed by atoms with Crippen LogP contribution in [0.15, 0.2) is 30.5 Å². The van der Waals surface area contributed by atoms with Crippen LogP contribution in [-0.4, -0.2) is 75.9 Å². The van der Waals surface area contributed by atoms with Crippen LogP contribution in [0.3, 0.4) is 0 Å². The van der Waals surface area contributed by atoms with E-state index in [1.54, 1.807) is 6.20 Å². The average molecular weight is 523 g/mol. The van der Waals surface area contributed by atoms with Gasteiger partial charge in [-0.25, -0.2) is 14.8 Å². The van der Waals surface area contributed by atoms with Crippen molar-refractivity contribution in [3.05, 3.63) is 36.3 Å². The van der Waals surface area contributed by atoms with E-state index in [1.165, 1.54) is 17.1 Å². The molecule has 0 saturated carbocycles. The second-order valence-electron chi connectivity index (χ2n) is 11.0. The van der Waals surface area contributed by atoms with Crippen LogP contribution in [-0.2, 0) is 23.6 Å². The number of ether oxygens (including phenoxy) is 1. The van der Waals surface area contributed by atoms with Crippen molar-refractivity contribution in [3.8, 4) is 11.3 Å². The van der Waals surface area contributed by atoms with Crippen molar-refractivity contribution in [3.63, 3.8) is 0 Å². The van der Waals surface area contributed by atoms with Crippen molar-refractivity contribution in [2.24, 2.45) is 0 Å². The van der Waals surface area contributed by atoms with Crippen LogP contribution in [0.5, 0.6) is 0 Å². The number of carbonyl (C=O) groups excluding carboxylic acids is 3. The van der Waals surface area contributed by atoms with Crippen LogP contribution in [0.2, 0.25) is 0 Å². The van der Waals surface area contributed by atoms with Gasteiger partial charge in [-0.2, -0.15) is 0 Å². The van der Waals surface area contributed by atoms with Crippen molar-refractivity contribution in [2.45, 2.75) is 76.7 Å². The van der Waals surface area contributed by atoms with Crippen LogP contribution in [0.1, 0.15) is 65.2 Å². The number of alkyl carbamates (subject to hydrolysis) is 1. The van der Waals surface area contributed by atoms with E-state index in [-0.39, 0.29) is 24.7 Å². The normalized spacial score (nSPS) is 24.7. The molecule has 2 aromatic rings. The van der Waals surface area contributed by atoms with E-state index < -0.39 is 36.5 Å². The summed E-state index contributed by atoms with van der Waals surface area (Å²) in [6, 6.07) is 6.58. The van der Waals surface area contributed by atoms with Gasteiger partial charge in [-0.15, -0.1) is 0 Å². The van der Waals surface area contributed by atoms with Gasteiger partial charge in [-0.1, -0.05) is 24.3 Å². The number of hydrazine groups is 1. The maximum absolute atomic E-state index is 13.5. The van der Waals surface area contributed by atoms with Crippen molar-refractivity contribution in [2.75, 3.05) is 13.7 Å². The molecule has 3 aliphatic rings. The predicted molar refractivity (Wildman–Crippen MR) is 139 cm³/mol. The number of nitrogens with zero attached hydrogens (tertiary/aromatic N) is 3. The summed E-state index contributed by atoms with van der Waals surface area (Å²) in [5.74, 6) is 0.0811. The Morgan fingerprint density at radius 3 is 2.47 bits per heavy atom. The van der Waals surface area contributed by atoms with Gasteiger partial charge >= 0.3 is 13.2 Å². The number of fused-ring (bicyclic) bond motifs is 1. The summed E-state index contributed by atoms with van der Waals surface area (Å²) in [7, 11) is 0.793. The van der Waals surface area contributed by atoms with Crippen LogP contribution in [0.25, 0.3) is 11.3 Å². The molecule has 0 radical (unpaired) electrons. The maximum atomic E-state index is 13.5. The van der Waals surface area contributed by atoms with Crippen molar-refractivity contribution < 1.29 is 28.4 Å². The monoisotopic (exact) mass is 523 g/mol. The SMILES string of the molecule is COC(=O)N[C@H]1CCC(=O)N2CCC[C@@H](c3ncc(-c4ccc(B5OC(C)(C)C(C)(C)O5)cc4)[nH]3)N2C1=O. The number of aromatic amines is 1. The number of hydrogen-bond acceptors (Lipinski definition) is 7. The lowest BCUT2D eigenvalue weighted by molar-refractivity contribution is -0.174. The summed E-state index contributed by atoms with van der Waals surface area (Å²) in [5, 5.41) is 5.53. The molecule has 3 amide bonds. The molecule has 38 heavy (non-hydrogen) atoms. The van der Waals surface area contributed by atoms with Crippen molar-refractivity contribution in [1.82, 2.24) is 25.3 Å². The molecule has 0 unspecified atom stereocenters. The van der Waals surface area contributed by atoms with Crippen molar-refractivity contribution >= 4 is 30.5 Å². The summed E-state index contributed by atoms with van der Waals surface area (Å²) in [6.07, 6.45) is 2.75. The number of amides is 3. The molecule has 12 heteroatoms. The number of carbonyl (C=O) groups is 3. The molecule has 5 rings (SSSR count). The number of benzene rings is 1. The molecule has 11 nitrogen and oxygen atoms in total. The Bertz CT molecular complexity index is 1210. The van der Waals surface area contributed by atoms with Gasteiger partial charge in [0.2, 0.25) is 5.91 Å². The molecule has 202 valence electrons. The van der Waals surface area contributed by atoms with E-state index in [0.29, 0.717) is 18.8 Å². The molecular weight excluding hydrogens is 489 g/mol. The fraction of sp³-hybridized carbons (Fsp3) is 0.538. The van der Waals surface area contributed by atoms with E-state index in [2.05, 4.69) is 20.0 Å².